The Morgan fingerprint density at radius 3 is 2.65 bits per heavy atom. The van der Waals surface area contributed by atoms with Gasteiger partial charge in [0.25, 0.3) is 11.8 Å². The van der Waals surface area contributed by atoms with Crippen LogP contribution in [0.4, 0.5) is 11.5 Å². The number of aryl methyl sites for hydroxylation is 1. The quantitative estimate of drug-likeness (QED) is 0.610. The van der Waals surface area contributed by atoms with E-state index in [2.05, 4.69) is 46.9 Å². The molecule has 1 aliphatic heterocycles. The number of aromatic nitrogens is 2. The fourth-order valence-electron chi connectivity index (χ4n) is 3.55. The Labute approximate surface area is 181 Å². The second kappa shape index (κ2) is 9.57. The molecule has 2 N–H and O–H groups in total. The molecule has 2 amide bonds. The van der Waals surface area contributed by atoms with E-state index in [0.29, 0.717) is 30.2 Å². The second-order valence-electron chi connectivity index (χ2n) is 7.57. The van der Waals surface area contributed by atoms with Crippen molar-refractivity contribution in [2.45, 2.75) is 38.8 Å². The Bertz CT molecular complexity index is 1050. The van der Waals surface area contributed by atoms with E-state index in [9.17, 15) is 9.59 Å². The number of benzene rings is 2. The Morgan fingerprint density at radius 2 is 1.90 bits per heavy atom. The molecule has 1 aliphatic rings. The van der Waals surface area contributed by atoms with Crippen molar-refractivity contribution >= 4 is 23.3 Å². The molecular weight excluding hydrogens is 392 g/mol. The standard InChI is InChI=1S/C24H26N4O3/c1-2-17-8-10-18(11-9-17)16-28-22(12-13-25-28)27-23(29)19-5-3-6-20(15-19)26-24(30)21-7-4-14-31-21/h3,5-6,8-13,15,21H,2,4,7,14,16H2,1H3,(H,26,30)(H,27,29)/t21-/m0/s1. The lowest BCUT2D eigenvalue weighted by molar-refractivity contribution is -0.124. The highest BCUT2D eigenvalue weighted by molar-refractivity contribution is 6.05. The minimum atomic E-state index is -0.418. The van der Waals surface area contributed by atoms with Crippen molar-refractivity contribution < 1.29 is 14.3 Å². The average molecular weight is 418 g/mol. The summed E-state index contributed by atoms with van der Waals surface area (Å²) in [4.78, 5) is 25.1. The number of amides is 2. The van der Waals surface area contributed by atoms with Gasteiger partial charge in [0.05, 0.1) is 12.7 Å². The van der Waals surface area contributed by atoms with E-state index in [1.165, 1.54) is 5.56 Å². The third-order valence-electron chi connectivity index (χ3n) is 5.34. The zero-order chi connectivity index (χ0) is 21.6. The minimum Gasteiger partial charge on any atom is -0.368 e. The number of nitrogens with zero attached hydrogens (tertiary/aromatic N) is 2. The van der Waals surface area contributed by atoms with Crippen molar-refractivity contribution in [3.63, 3.8) is 0 Å². The van der Waals surface area contributed by atoms with Crippen molar-refractivity contribution in [2.24, 2.45) is 0 Å². The van der Waals surface area contributed by atoms with E-state index in [0.717, 1.165) is 24.8 Å². The molecule has 160 valence electrons. The predicted molar refractivity (Wildman–Crippen MR) is 119 cm³/mol. The normalized spacial score (nSPS) is 15.6. The SMILES string of the molecule is CCc1ccc(Cn2nccc2NC(=O)c2cccc(NC(=O)[C@@H]3CCCO3)c2)cc1. The van der Waals surface area contributed by atoms with Gasteiger partial charge in [0.1, 0.15) is 11.9 Å². The van der Waals surface area contributed by atoms with Crippen LogP contribution in [-0.2, 0) is 22.5 Å². The Morgan fingerprint density at radius 1 is 1.10 bits per heavy atom. The third kappa shape index (κ3) is 5.19. The minimum absolute atomic E-state index is 0.178. The van der Waals surface area contributed by atoms with Gasteiger partial charge in [0, 0.05) is 23.9 Å². The summed E-state index contributed by atoms with van der Waals surface area (Å²) in [6.45, 7) is 3.29. The molecule has 2 heterocycles. The number of rotatable bonds is 7. The third-order valence-corrected chi connectivity index (χ3v) is 5.34. The van der Waals surface area contributed by atoms with Crippen LogP contribution in [0.3, 0.4) is 0 Å². The summed E-state index contributed by atoms with van der Waals surface area (Å²) in [5.74, 6) is 0.164. The van der Waals surface area contributed by atoms with Crippen LogP contribution in [0.15, 0.2) is 60.8 Å². The maximum atomic E-state index is 12.8. The van der Waals surface area contributed by atoms with E-state index in [1.807, 2.05) is 0 Å². The zero-order valence-electron chi connectivity index (χ0n) is 17.5. The molecule has 0 saturated carbocycles. The largest absolute Gasteiger partial charge is 0.368 e. The molecule has 31 heavy (non-hydrogen) atoms. The molecule has 1 fully saturated rings. The van der Waals surface area contributed by atoms with Crippen LogP contribution >= 0.6 is 0 Å². The summed E-state index contributed by atoms with van der Waals surface area (Å²) >= 11 is 0. The summed E-state index contributed by atoms with van der Waals surface area (Å²) < 4.78 is 7.16. The molecule has 3 aromatic rings. The molecule has 7 heteroatoms. The molecule has 0 unspecified atom stereocenters. The van der Waals surface area contributed by atoms with E-state index in [-0.39, 0.29) is 11.8 Å². The summed E-state index contributed by atoms with van der Waals surface area (Å²) in [6, 6.07) is 17.0. The molecule has 7 nitrogen and oxygen atoms in total. The Kier molecular flexibility index (Phi) is 6.43. The first-order chi connectivity index (χ1) is 15.1. The van der Waals surface area contributed by atoms with Gasteiger partial charge < -0.3 is 15.4 Å². The lowest BCUT2D eigenvalue weighted by Crippen LogP contribution is -2.27. The maximum absolute atomic E-state index is 12.8. The van der Waals surface area contributed by atoms with Gasteiger partial charge >= 0.3 is 0 Å². The molecule has 0 spiro atoms. The molecule has 0 aliphatic carbocycles. The summed E-state index contributed by atoms with van der Waals surface area (Å²) in [6.07, 6.45) is 3.84. The van der Waals surface area contributed by atoms with E-state index in [4.69, 9.17) is 4.74 Å². The number of carbonyl (C=O) groups is 2. The van der Waals surface area contributed by atoms with Crippen LogP contribution < -0.4 is 10.6 Å². The first kappa shape index (κ1) is 20.8. The number of nitrogens with one attached hydrogen (secondary N) is 2. The molecular formula is C24H26N4O3. The smallest absolute Gasteiger partial charge is 0.256 e. The van der Waals surface area contributed by atoms with Gasteiger partial charge in [-0.25, -0.2) is 4.68 Å². The van der Waals surface area contributed by atoms with E-state index >= 15 is 0 Å². The van der Waals surface area contributed by atoms with Crippen molar-refractivity contribution in [3.8, 4) is 0 Å². The van der Waals surface area contributed by atoms with Crippen LogP contribution in [0.1, 0.15) is 41.3 Å². The van der Waals surface area contributed by atoms with Gasteiger partial charge in [-0.05, 0) is 48.6 Å². The van der Waals surface area contributed by atoms with Gasteiger partial charge in [-0.3, -0.25) is 9.59 Å². The summed E-state index contributed by atoms with van der Waals surface area (Å²) in [5.41, 5.74) is 3.40. The lowest BCUT2D eigenvalue weighted by atomic mass is 10.1. The fraction of sp³-hybridized carbons (Fsp3) is 0.292. The number of hydrogen-bond acceptors (Lipinski definition) is 4. The molecule has 0 bridgehead atoms. The first-order valence-corrected chi connectivity index (χ1v) is 10.6. The van der Waals surface area contributed by atoms with E-state index in [1.54, 1.807) is 41.2 Å². The molecule has 2 aromatic carbocycles. The highest BCUT2D eigenvalue weighted by atomic mass is 16.5. The van der Waals surface area contributed by atoms with Crippen molar-refractivity contribution in [3.05, 3.63) is 77.5 Å². The molecule has 4 rings (SSSR count). The highest BCUT2D eigenvalue weighted by Gasteiger charge is 2.23. The van der Waals surface area contributed by atoms with Gasteiger partial charge in [-0.2, -0.15) is 5.10 Å². The average Bonchev–Trinajstić information content (AvgIpc) is 3.47. The maximum Gasteiger partial charge on any atom is 0.256 e. The topological polar surface area (TPSA) is 85.3 Å². The van der Waals surface area contributed by atoms with Crippen LogP contribution in [0.2, 0.25) is 0 Å². The van der Waals surface area contributed by atoms with Gasteiger partial charge in [0.15, 0.2) is 0 Å². The molecule has 1 saturated heterocycles. The Hall–Kier alpha value is -3.45. The predicted octanol–water partition coefficient (Wildman–Crippen LogP) is 3.86. The van der Waals surface area contributed by atoms with Crippen molar-refractivity contribution in [1.82, 2.24) is 9.78 Å². The van der Waals surface area contributed by atoms with Crippen LogP contribution in [0.5, 0.6) is 0 Å². The Balaban J connectivity index is 1.41. The van der Waals surface area contributed by atoms with E-state index < -0.39 is 6.10 Å². The number of anilines is 2. The monoisotopic (exact) mass is 418 g/mol. The van der Waals surface area contributed by atoms with Crippen molar-refractivity contribution in [1.29, 1.82) is 0 Å². The summed E-state index contributed by atoms with van der Waals surface area (Å²) in [5, 5.41) is 10.1. The van der Waals surface area contributed by atoms with Gasteiger partial charge in [0.2, 0.25) is 0 Å². The van der Waals surface area contributed by atoms with Crippen LogP contribution in [0, 0.1) is 0 Å². The molecule has 1 aromatic heterocycles. The van der Waals surface area contributed by atoms with Gasteiger partial charge in [-0.1, -0.05) is 37.3 Å². The van der Waals surface area contributed by atoms with Crippen LogP contribution in [0.25, 0.3) is 0 Å². The lowest BCUT2D eigenvalue weighted by Gasteiger charge is -2.12. The summed E-state index contributed by atoms with van der Waals surface area (Å²) in [7, 11) is 0. The highest BCUT2D eigenvalue weighted by Crippen LogP contribution is 2.18. The zero-order valence-corrected chi connectivity index (χ0v) is 17.5. The van der Waals surface area contributed by atoms with Crippen molar-refractivity contribution in [2.75, 3.05) is 17.2 Å². The van der Waals surface area contributed by atoms with Crippen LogP contribution in [-0.4, -0.2) is 34.3 Å². The first-order valence-electron chi connectivity index (χ1n) is 10.6. The van der Waals surface area contributed by atoms with Gasteiger partial charge in [-0.15, -0.1) is 0 Å². The number of carbonyl (C=O) groups excluding carboxylic acids is 2. The fourth-order valence-corrected chi connectivity index (χ4v) is 3.55. The number of hydrogen-bond donors (Lipinski definition) is 2. The number of ether oxygens (including phenoxy) is 1. The second-order valence-corrected chi connectivity index (χ2v) is 7.57. The molecule has 1 atom stereocenters. The molecule has 0 radical (unpaired) electrons.